The standard InChI is InChI=1S/C17H15N5O4/c23-16(12-6-7-14-15(10-12)26-11-25-14)18-8-9-21-17(24)22(20-19-21)13-4-2-1-3-5-13/h1-7,10H,8-9,11H2,(H,18,23). The van der Waals surface area contributed by atoms with Crippen molar-refractivity contribution < 1.29 is 14.3 Å². The van der Waals surface area contributed by atoms with E-state index in [-0.39, 0.29) is 31.5 Å². The third kappa shape index (κ3) is 3.02. The number of tetrazole rings is 1. The number of amides is 1. The van der Waals surface area contributed by atoms with Crippen LogP contribution in [0.2, 0.25) is 0 Å². The zero-order chi connectivity index (χ0) is 17.9. The lowest BCUT2D eigenvalue weighted by molar-refractivity contribution is 0.0951. The van der Waals surface area contributed by atoms with Crippen molar-refractivity contribution in [2.45, 2.75) is 6.54 Å². The molecular weight excluding hydrogens is 338 g/mol. The van der Waals surface area contributed by atoms with Gasteiger partial charge in [0.05, 0.1) is 12.2 Å². The van der Waals surface area contributed by atoms with Crippen LogP contribution in [0.15, 0.2) is 53.3 Å². The highest BCUT2D eigenvalue weighted by Crippen LogP contribution is 2.32. The molecule has 4 rings (SSSR count). The van der Waals surface area contributed by atoms with E-state index in [4.69, 9.17) is 9.47 Å². The Hall–Kier alpha value is -3.62. The van der Waals surface area contributed by atoms with E-state index in [0.717, 1.165) is 0 Å². The summed E-state index contributed by atoms with van der Waals surface area (Å²) in [5.41, 5.74) is 0.719. The summed E-state index contributed by atoms with van der Waals surface area (Å²) in [5.74, 6) is 0.886. The molecular formula is C17H15N5O4. The van der Waals surface area contributed by atoms with Crippen molar-refractivity contribution >= 4 is 5.91 Å². The SMILES string of the molecule is O=C(NCCn1nnn(-c2ccccc2)c1=O)c1ccc2c(c1)OCO2. The highest BCUT2D eigenvalue weighted by atomic mass is 16.7. The summed E-state index contributed by atoms with van der Waals surface area (Å²) in [6.07, 6.45) is 0. The third-order valence-corrected chi connectivity index (χ3v) is 3.88. The third-order valence-electron chi connectivity index (χ3n) is 3.88. The Kier molecular flexibility index (Phi) is 4.10. The number of nitrogens with zero attached hydrogens (tertiary/aromatic N) is 4. The van der Waals surface area contributed by atoms with Gasteiger partial charge in [-0.05, 0) is 40.8 Å². The van der Waals surface area contributed by atoms with Gasteiger partial charge in [-0.25, -0.2) is 4.79 Å². The Morgan fingerprint density at radius 2 is 1.88 bits per heavy atom. The van der Waals surface area contributed by atoms with Crippen LogP contribution in [0.1, 0.15) is 10.4 Å². The summed E-state index contributed by atoms with van der Waals surface area (Å²) >= 11 is 0. The summed E-state index contributed by atoms with van der Waals surface area (Å²) in [5, 5.41) is 10.4. The number of aromatic nitrogens is 4. The lowest BCUT2D eigenvalue weighted by Crippen LogP contribution is -2.32. The second kappa shape index (κ2) is 6.71. The Morgan fingerprint density at radius 1 is 1.08 bits per heavy atom. The lowest BCUT2D eigenvalue weighted by Gasteiger charge is -2.05. The lowest BCUT2D eigenvalue weighted by atomic mass is 10.2. The van der Waals surface area contributed by atoms with E-state index in [2.05, 4.69) is 15.7 Å². The van der Waals surface area contributed by atoms with Gasteiger partial charge < -0.3 is 14.8 Å². The molecule has 0 radical (unpaired) electrons. The number of fused-ring (bicyclic) bond motifs is 1. The first-order valence-corrected chi connectivity index (χ1v) is 7.98. The molecule has 0 atom stereocenters. The molecule has 0 saturated heterocycles. The minimum atomic E-state index is -0.367. The van der Waals surface area contributed by atoms with Crippen molar-refractivity contribution in [3.63, 3.8) is 0 Å². The van der Waals surface area contributed by atoms with Gasteiger partial charge in [0.25, 0.3) is 5.91 Å². The molecule has 0 bridgehead atoms. The Morgan fingerprint density at radius 3 is 2.73 bits per heavy atom. The number of hydrogen-bond donors (Lipinski definition) is 1. The summed E-state index contributed by atoms with van der Waals surface area (Å²) < 4.78 is 12.9. The molecule has 1 N–H and O–H groups in total. The van der Waals surface area contributed by atoms with Crippen molar-refractivity contribution in [2.24, 2.45) is 0 Å². The van der Waals surface area contributed by atoms with Crippen molar-refractivity contribution in [2.75, 3.05) is 13.3 Å². The summed E-state index contributed by atoms with van der Waals surface area (Å²) in [4.78, 5) is 24.5. The van der Waals surface area contributed by atoms with Crippen LogP contribution in [-0.2, 0) is 6.54 Å². The number of carbonyl (C=O) groups is 1. The quantitative estimate of drug-likeness (QED) is 0.720. The van der Waals surface area contributed by atoms with E-state index in [9.17, 15) is 9.59 Å². The van der Waals surface area contributed by atoms with Crippen LogP contribution in [0.25, 0.3) is 5.69 Å². The van der Waals surface area contributed by atoms with Gasteiger partial charge in [0.1, 0.15) is 0 Å². The molecule has 26 heavy (non-hydrogen) atoms. The maximum atomic E-state index is 12.3. The van der Waals surface area contributed by atoms with Crippen LogP contribution in [0.4, 0.5) is 0 Å². The number of para-hydroxylation sites is 1. The average molecular weight is 353 g/mol. The zero-order valence-electron chi connectivity index (χ0n) is 13.7. The van der Waals surface area contributed by atoms with Crippen molar-refractivity contribution in [3.8, 4) is 17.2 Å². The first-order valence-electron chi connectivity index (χ1n) is 7.98. The van der Waals surface area contributed by atoms with Crippen molar-refractivity contribution in [1.82, 2.24) is 25.1 Å². The van der Waals surface area contributed by atoms with Crippen LogP contribution in [0.3, 0.4) is 0 Å². The molecule has 2 heterocycles. The molecule has 132 valence electrons. The van der Waals surface area contributed by atoms with Gasteiger partial charge in [-0.1, -0.05) is 18.2 Å². The molecule has 9 heteroatoms. The molecule has 0 spiro atoms. The second-order valence-corrected chi connectivity index (χ2v) is 5.56. The number of rotatable bonds is 5. The molecule has 2 aromatic carbocycles. The van der Waals surface area contributed by atoms with E-state index >= 15 is 0 Å². The molecule has 1 aliphatic rings. The number of carbonyl (C=O) groups excluding carboxylic acids is 1. The first-order chi connectivity index (χ1) is 12.7. The van der Waals surface area contributed by atoms with Gasteiger partial charge in [0.15, 0.2) is 11.5 Å². The van der Waals surface area contributed by atoms with E-state index in [1.54, 1.807) is 30.3 Å². The molecule has 0 aliphatic carbocycles. The van der Waals surface area contributed by atoms with Gasteiger partial charge in [0, 0.05) is 12.1 Å². The summed E-state index contributed by atoms with van der Waals surface area (Å²) in [7, 11) is 0. The van der Waals surface area contributed by atoms with E-state index < -0.39 is 0 Å². The summed E-state index contributed by atoms with van der Waals surface area (Å²) in [6, 6.07) is 14.0. The highest BCUT2D eigenvalue weighted by molar-refractivity contribution is 5.94. The van der Waals surface area contributed by atoms with Crippen LogP contribution in [-0.4, -0.2) is 39.0 Å². The van der Waals surface area contributed by atoms with Crippen LogP contribution in [0.5, 0.6) is 11.5 Å². The molecule has 9 nitrogen and oxygen atoms in total. The van der Waals surface area contributed by atoms with Crippen molar-refractivity contribution in [3.05, 3.63) is 64.6 Å². The predicted molar refractivity (Wildman–Crippen MR) is 90.5 cm³/mol. The fraction of sp³-hybridized carbons (Fsp3) is 0.176. The van der Waals surface area contributed by atoms with Crippen LogP contribution < -0.4 is 20.5 Å². The molecule has 1 amide bonds. The van der Waals surface area contributed by atoms with Gasteiger partial charge in [-0.3, -0.25) is 4.79 Å². The maximum absolute atomic E-state index is 12.3. The Balaban J connectivity index is 1.39. The predicted octanol–water partition coefficient (Wildman–Crippen LogP) is 0.588. The largest absolute Gasteiger partial charge is 0.454 e. The first kappa shape index (κ1) is 15.9. The highest BCUT2D eigenvalue weighted by Gasteiger charge is 2.16. The molecule has 0 unspecified atom stereocenters. The molecule has 0 fully saturated rings. The molecule has 1 aromatic heterocycles. The number of benzene rings is 2. The monoisotopic (exact) mass is 353 g/mol. The summed E-state index contributed by atoms with van der Waals surface area (Å²) in [6.45, 7) is 0.600. The number of ether oxygens (including phenoxy) is 2. The number of nitrogens with one attached hydrogen (secondary N) is 1. The van der Waals surface area contributed by atoms with E-state index in [1.807, 2.05) is 18.2 Å². The Bertz CT molecular complexity index is 996. The Labute approximate surface area is 147 Å². The fourth-order valence-electron chi connectivity index (χ4n) is 2.56. The molecule has 1 aliphatic heterocycles. The van der Waals surface area contributed by atoms with Gasteiger partial charge >= 0.3 is 5.69 Å². The smallest absolute Gasteiger partial charge is 0.368 e. The molecule has 3 aromatic rings. The average Bonchev–Trinajstić information content (AvgIpc) is 3.28. The van der Waals surface area contributed by atoms with E-state index in [1.165, 1.54) is 9.36 Å². The van der Waals surface area contributed by atoms with Crippen molar-refractivity contribution in [1.29, 1.82) is 0 Å². The minimum absolute atomic E-state index is 0.153. The topological polar surface area (TPSA) is 100 Å². The van der Waals surface area contributed by atoms with Gasteiger partial charge in [0.2, 0.25) is 6.79 Å². The van der Waals surface area contributed by atoms with Crippen LogP contribution in [0, 0.1) is 0 Å². The normalized spacial score (nSPS) is 12.2. The van der Waals surface area contributed by atoms with Gasteiger partial charge in [-0.15, -0.1) is 0 Å². The number of hydrogen-bond acceptors (Lipinski definition) is 6. The second-order valence-electron chi connectivity index (χ2n) is 5.56. The van der Waals surface area contributed by atoms with E-state index in [0.29, 0.717) is 22.7 Å². The molecule has 0 saturated carbocycles. The van der Waals surface area contributed by atoms with Gasteiger partial charge in [-0.2, -0.15) is 9.36 Å². The fourth-order valence-corrected chi connectivity index (χ4v) is 2.56. The minimum Gasteiger partial charge on any atom is -0.454 e. The maximum Gasteiger partial charge on any atom is 0.368 e. The zero-order valence-corrected chi connectivity index (χ0v) is 13.7. The van der Waals surface area contributed by atoms with Crippen LogP contribution >= 0.6 is 0 Å².